The molecule has 3 aliphatic rings. The van der Waals surface area contributed by atoms with Gasteiger partial charge >= 0.3 is 0 Å². The van der Waals surface area contributed by atoms with E-state index in [1.807, 2.05) is 18.3 Å². The van der Waals surface area contributed by atoms with Crippen molar-refractivity contribution in [1.29, 1.82) is 0 Å². The number of fused-ring (bicyclic) bond motifs is 1. The minimum absolute atomic E-state index is 0.192. The molecule has 1 aromatic heterocycles. The van der Waals surface area contributed by atoms with E-state index in [1.165, 1.54) is 5.56 Å². The molecule has 1 fully saturated rings. The molecule has 1 aromatic rings. The highest BCUT2D eigenvalue weighted by molar-refractivity contribution is 7.89. The van der Waals surface area contributed by atoms with Gasteiger partial charge in [0.05, 0.1) is 23.6 Å². The van der Waals surface area contributed by atoms with E-state index in [0.717, 1.165) is 62.3 Å². The van der Waals surface area contributed by atoms with Gasteiger partial charge in [-0.3, -0.25) is 9.89 Å². The van der Waals surface area contributed by atoms with E-state index in [-0.39, 0.29) is 6.04 Å². The lowest BCUT2D eigenvalue weighted by Gasteiger charge is -2.34. The summed E-state index contributed by atoms with van der Waals surface area (Å²) in [5.74, 6) is 1.93. The van der Waals surface area contributed by atoms with Crippen LogP contribution in [0.2, 0.25) is 0 Å². The smallest absolute Gasteiger partial charge is 0.223 e. The molecule has 0 aliphatic carbocycles. The summed E-state index contributed by atoms with van der Waals surface area (Å²) in [5.41, 5.74) is 4.40. The first-order valence-electron chi connectivity index (χ1n) is 14.3. The zero-order valence-corrected chi connectivity index (χ0v) is 25.0. The molecule has 3 unspecified atom stereocenters. The maximum Gasteiger partial charge on any atom is 0.223 e. The van der Waals surface area contributed by atoms with Crippen LogP contribution in [0.4, 0.5) is 5.95 Å². The summed E-state index contributed by atoms with van der Waals surface area (Å²) >= 11 is -1.16. The molecule has 39 heavy (non-hydrogen) atoms. The third-order valence-corrected chi connectivity index (χ3v) is 8.39. The molecule has 1 saturated heterocycles. The Labute approximate surface area is 237 Å². The molecule has 0 aromatic carbocycles. The van der Waals surface area contributed by atoms with Crippen molar-refractivity contribution in [2.24, 2.45) is 10.9 Å². The first kappa shape index (κ1) is 29.4. The zero-order valence-electron chi connectivity index (χ0n) is 24.2. The monoisotopic (exact) mass is 551 g/mol. The van der Waals surface area contributed by atoms with Crippen molar-refractivity contribution < 1.29 is 4.55 Å². The number of aromatic nitrogens is 2. The first-order valence-corrected chi connectivity index (χ1v) is 15.8. The molecule has 5 atom stereocenters. The summed E-state index contributed by atoms with van der Waals surface area (Å²) in [6, 6.07) is 1.03. The Hall–Kier alpha value is -2.62. The number of likely N-dealkylation sites (tertiary alicyclic amines) is 1. The van der Waals surface area contributed by atoms with E-state index in [0.29, 0.717) is 36.3 Å². The van der Waals surface area contributed by atoms with Crippen LogP contribution >= 0.6 is 0 Å². The zero-order chi connectivity index (χ0) is 27.9. The maximum atomic E-state index is 11.7. The van der Waals surface area contributed by atoms with Gasteiger partial charge in [0, 0.05) is 60.8 Å². The number of nitrogens with one attached hydrogen (secondary N) is 2. The van der Waals surface area contributed by atoms with Gasteiger partial charge in [-0.05, 0) is 45.1 Å². The fraction of sp³-hybridized carbons (Fsp3) is 0.567. The van der Waals surface area contributed by atoms with Crippen molar-refractivity contribution in [3.8, 4) is 0 Å². The predicted molar refractivity (Wildman–Crippen MR) is 163 cm³/mol. The summed E-state index contributed by atoms with van der Waals surface area (Å²) in [5, 5.41) is 3.45. The molecular formula is C30H45N7OS. The van der Waals surface area contributed by atoms with Crippen LogP contribution < -0.4 is 10.0 Å². The molecule has 4 rings (SSSR count). The SMILES string of the molecule is C=C(C1=CC(N[S+](C)[O-])=NCC=C1)N1CCC[C@H](N2Cc3cnc(NC(C)/C=C\C(C)CC)nc3C2)C[C@H]1C. The summed E-state index contributed by atoms with van der Waals surface area (Å²) in [7, 11) is 0. The van der Waals surface area contributed by atoms with Gasteiger partial charge in [0.1, 0.15) is 6.26 Å². The summed E-state index contributed by atoms with van der Waals surface area (Å²) in [6.45, 7) is 16.7. The Morgan fingerprint density at radius 1 is 1.31 bits per heavy atom. The Balaban J connectivity index is 1.37. The van der Waals surface area contributed by atoms with Gasteiger partial charge in [-0.2, -0.15) is 4.72 Å². The van der Waals surface area contributed by atoms with Gasteiger partial charge in [-0.15, -0.1) is 0 Å². The highest BCUT2D eigenvalue weighted by Gasteiger charge is 2.32. The summed E-state index contributed by atoms with van der Waals surface area (Å²) < 4.78 is 14.6. The van der Waals surface area contributed by atoms with E-state index in [1.54, 1.807) is 6.26 Å². The largest absolute Gasteiger partial charge is 0.593 e. The minimum Gasteiger partial charge on any atom is -0.593 e. The molecule has 0 spiro atoms. The lowest BCUT2D eigenvalue weighted by atomic mass is 10.0. The number of anilines is 1. The lowest BCUT2D eigenvalue weighted by Crippen LogP contribution is -2.37. The molecule has 0 bridgehead atoms. The number of aliphatic imine (C=N–C) groups is 1. The van der Waals surface area contributed by atoms with Gasteiger partial charge in [-0.1, -0.05) is 51.2 Å². The number of amidine groups is 1. The normalized spacial score (nSPS) is 24.3. The molecule has 2 N–H and O–H groups in total. The number of hydrogen-bond acceptors (Lipinski definition) is 8. The molecule has 9 heteroatoms. The molecule has 8 nitrogen and oxygen atoms in total. The van der Waals surface area contributed by atoms with E-state index >= 15 is 0 Å². The van der Waals surface area contributed by atoms with Gasteiger partial charge < -0.3 is 14.8 Å². The van der Waals surface area contributed by atoms with Gasteiger partial charge in [-0.25, -0.2) is 9.97 Å². The van der Waals surface area contributed by atoms with Crippen LogP contribution in [0.5, 0.6) is 0 Å². The van der Waals surface area contributed by atoms with Crippen LogP contribution in [0.3, 0.4) is 0 Å². The van der Waals surface area contributed by atoms with Crippen molar-refractivity contribution >= 4 is 23.1 Å². The fourth-order valence-corrected chi connectivity index (χ4v) is 5.88. The number of rotatable bonds is 9. The molecule has 0 radical (unpaired) electrons. The van der Waals surface area contributed by atoms with Crippen LogP contribution in [-0.2, 0) is 24.5 Å². The van der Waals surface area contributed by atoms with Crippen LogP contribution in [0, 0.1) is 5.92 Å². The topological polar surface area (TPSA) is 91.7 Å². The van der Waals surface area contributed by atoms with E-state index in [4.69, 9.17) is 4.98 Å². The number of allylic oxidation sites excluding steroid dienone is 2. The lowest BCUT2D eigenvalue weighted by molar-refractivity contribution is 0.164. The van der Waals surface area contributed by atoms with E-state index in [9.17, 15) is 4.55 Å². The Kier molecular flexibility index (Phi) is 10.3. The number of hydrogen-bond donors (Lipinski definition) is 2. The van der Waals surface area contributed by atoms with Crippen LogP contribution in [0.1, 0.15) is 64.6 Å². The first-order chi connectivity index (χ1) is 18.7. The molecular weight excluding hydrogens is 506 g/mol. The predicted octanol–water partition coefficient (Wildman–Crippen LogP) is 4.73. The highest BCUT2D eigenvalue weighted by atomic mass is 32.2. The fourth-order valence-electron chi connectivity index (χ4n) is 5.47. The van der Waals surface area contributed by atoms with Gasteiger partial charge in [0.25, 0.3) is 0 Å². The van der Waals surface area contributed by atoms with E-state index in [2.05, 4.69) is 82.3 Å². The maximum absolute atomic E-state index is 11.7. The quantitative estimate of drug-likeness (QED) is 0.339. The van der Waals surface area contributed by atoms with Crippen molar-refractivity contribution in [3.63, 3.8) is 0 Å². The van der Waals surface area contributed by atoms with Crippen LogP contribution in [-0.4, -0.2) is 67.6 Å². The second-order valence-corrected chi connectivity index (χ2v) is 12.2. The Morgan fingerprint density at radius 3 is 2.90 bits per heavy atom. The second-order valence-electron chi connectivity index (χ2n) is 11.1. The van der Waals surface area contributed by atoms with Crippen LogP contribution in [0.15, 0.2) is 59.4 Å². The minimum atomic E-state index is -1.16. The molecule has 4 heterocycles. The third kappa shape index (κ3) is 7.96. The summed E-state index contributed by atoms with van der Waals surface area (Å²) in [6.07, 6.45) is 18.6. The van der Waals surface area contributed by atoms with Gasteiger partial charge in [0.15, 0.2) is 5.84 Å². The van der Waals surface area contributed by atoms with Crippen molar-refractivity contribution in [2.45, 2.75) is 84.6 Å². The average molecular weight is 552 g/mol. The molecule has 0 saturated carbocycles. The van der Waals surface area contributed by atoms with Crippen molar-refractivity contribution in [2.75, 3.05) is 24.7 Å². The van der Waals surface area contributed by atoms with Gasteiger partial charge in [0.2, 0.25) is 5.95 Å². The standard InChI is InChI=1S/C30H45N7OS/c1-7-21(2)12-13-22(3)33-30-32-18-26-19-36(20-28(26)34-30)27-11-9-15-37(23(4)16-27)24(5)25-10-8-14-31-29(17-25)35-39(6)38/h8,10,12-13,17-18,21-23,27H,5,7,9,11,14-16,19-20H2,1-4,6H3,(H,31,35)(H,32,33,34)/b13-12-/t21?,22?,23-,27+,39?/m1/s1. The Bertz CT molecular complexity index is 1130. The third-order valence-electron chi connectivity index (χ3n) is 7.89. The molecule has 0 amide bonds. The van der Waals surface area contributed by atoms with E-state index < -0.39 is 11.4 Å². The average Bonchev–Trinajstić information content (AvgIpc) is 3.04. The summed E-state index contributed by atoms with van der Waals surface area (Å²) in [4.78, 5) is 19.0. The molecule has 3 aliphatic heterocycles. The Morgan fingerprint density at radius 2 is 2.13 bits per heavy atom. The highest BCUT2D eigenvalue weighted by Crippen LogP contribution is 2.32. The van der Waals surface area contributed by atoms with Crippen LogP contribution in [0.25, 0.3) is 0 Å². The van der Waals surface area contributed by atoms with Crippen molar-refractivity contribution in [3.05, 3.63) is 65.7 Å². The molecule has 212 valence electrons. The van der Waals surface area contributed by atoms with Crippen molar-refractivity contribution in [1.82, 2.24) is 24.5 Å². The second kappa shape index (κ2) is 13.6. The number of nitrogens with zero attached hydrogens (tertiary/aromatic N) is 5.